The molecule has 6 nitrogen and oxygen atoms in total. The summed E-state index contributed by atoms with van der Waals surface area (Å²) in [6.07, 6.45) is -4.54. The van der Waals surface area contributed by atoms with Crippen LogP contribution < -0.4 is 5.32 Å². The summed E-state index contributed by atoms with van der Waals surface area (Å²) in [5.41, 5.74) is 1.12. The maximum Gasteiger partial charge on any atom is 0.433 e. The summed E-state index contributed by atoms with van der Waals surface area (Å²) in [7, 11) is 0. The van der Waals surface area contributed by atoms with Crippen molar-refractivity contribution in [3.8, 4) is 0 Å². The predicted octanol–water partition coefficient (Wildman–Crippen LogP) is 5.58. The van der Waals surface area contributed by atoms with Crippen LogP contribution in [-0.2, 0) is 6.18 Å². The van der Waals surface area contributed by atoms with E-state index in [0.717, 1.165) is 23.0 Å². The number of halogens is 4. The Balaban J connectivity index is 1.42. The van der Waals surface area contributed by atoms with Crippen molar-refractivity contribution in [2.45, 2.75) is 20.0 Å². The zero-order valence-corrected chi connectivity index (χ0v) is 19.4. The number of urea groups is 1. The number of hydrogen-bond donors (Lipinski definition) is 1. The molecule has 0 atom stereocenters. The highest BCUT2D eigenvalue weighted by Crippen LogP contribution is 2.35. The number of alkyl halides is 3. The van der Waals surface area contributed by atoms with Crippen LogP contribution in [0.1, 0.15) is 26.5 Å². The molecule has 174 valence electrons. The van der Waals surface area contributed by atoms with Crippen molar-refractivity contribution in [2.75, 3.05) is 31.5 Å². The topological polar surface area (TPSA) is 65.5 Å². The smallest absolute Gasteiger partial charge is 0.334 e. The number of rotatable bonds is 2. The average molecular weight is 497 g/mol. The average Bonchev–Trinajstić information content (AvgIpc) is 3.11. The van der Waals surface area contributed by atoms with Crippen molar-refractivity contribution < 1.29 is 22.8 Å². The third-order valence-corrected chi connectivity index (χ3v) is 7.16. The van der Waals surface area contributed by atoms with Gasteiger partial charge < -0.3 is 15.1 Å². The van der Waals surface area contributed by atoms with Gasteiger partial charge in [-0.3, -0.25) is 4.79 Å². The molecule has 3 aromatic rings. The van der Waals surface area contributed by atoms with E-state index in [1.165, 1.54) is 6.07 Å². The highest BCUT2D eigenvalue weighted by atomic mass is 35.5. The normalized spacial score (nSPS) is 14.6. The Morgan fingerprint density at radius 3 is 2.36 bits per heavy atom. The molecule has 4 rings (SSSR count). The van der Waals surface area contributed by atoms with E-state index in [2.05, 4.69) is 10.3 Å². The monoisotopic (exact) mass is 496 g/mol. The lowest BCUT2D eigenvalue weighted by molar-refractivity contribution is -0.140. The van der Waals surface area contributed by atoms with Crippen LogP contribution in [0.2, 0.25) is 5.02 Å². The van der Waals surface area contributed by atoms with Crippen LogP contribution in [0.25, 0.3) is 10.2 Å². The van der Waals surface area contributed by atoms with E-state index in [4.69, 9.17) is 11.6 Å². The fraction of sp³-hybridized carbons (Fsp3) is 0.318. The molecule has 0 spiro atoms. The summed E-state index contributed by atoms with van der Waals surface area (Å²) < 4.78 is 38.9. The number of thiophene rings is 1. The molecule has 3 heterocycles. The lowest BCUT2D eigenvalue weighted by Gasteiger charge is -2.34. The Labute approximate surface area is 197 Å². The van der Waals surface area contributed by atoms with Crippen molar-refractivity contribution in [1.82, 2.24) is 14.8 Å². The molecule has 3 amide bonds. The van der Waals surface area contributed by atoms with E-state index in [9.17, 15) is 22.8 Å². The molecule has 11 heteroatoms. The third kappa shape index (κ3) is 4.77. The van der Waals surface area contributed by atoms with Crippen LogP contribution in [-0.4, -0.2) is 52.9 Å². The van der Waals surface area contributed by atoms with Crippen molar-refractivity contribution in [2.24, 2.45) is 0 Å². The number of pyridine rings is 1. The minimum atomic E-state index is -4.54. The van der Waals surface area contributed by atoms with Crippen molar-refractivity contribution in [1.29, 1.82) is 0 Å². The predicted molar refractivity (Wildman–Crippen MR) is 122 cm³/mol. The fourth-order valence-electron chi connectivity index (χ4n) is 3.59. The molecule has 0 saturated carbocycles. The van der Waals surface area contributed by atoms with Gasteiger partial charge in [-0.15, -0.1) is 11.3 Å². The number of benzene rings is 1. The van der Waals surface area contributed by atoms with Gasteiger partial charge in [-0.2, -0.15) is 13.2 Å². The number of nitrogens with one attached hydrogen (secondary N) is 1. The summed E-state index contributed by atoms with van der Waals surface area (Å²) in [5, 5.41) is 3.89. The number of hydrogen-bond acceptors (Lipinski definition) is 4. The van der Waals surface area contributed by atoms with Gasteiger partial charge in [0.2, 0.25) is 0 Å². The molecule has 2 aromatic heterocycles. The van der Waals surface area contributed by atoms with E-state index in [1.807, 2.05) is 13.0 Å². The van der Waals surface area contributed by atoms with Gasteiger partial charge in [0.25, 0.3) is 5.91 Å². The van der Waals surface area contributed by atoms with Crippen LogP contribution in [0.4, 0.5) is 23.7 Å². The number of aryl methyl sites for hydroxylation is 2. The first kappa shape index (κ1) is 23.3. The number of carbonyl (C=O) groups is 2. The molecular weight excluding hydrogens is 477 g/mol. The van der Waals surface area contributed by atoms with Crippen LogP contribution >= 0.6 is 22.9 Å². The lowest BCUT2D eigenvalue weighted by Crippen LogP contribution is -2.51. The van der Waals surface area contributed by atoms with Crippen molar-refractivity contribution >= 4 is 50.8 Å². The summed E-state index contributed by atoms with van der Waals surface area (Å²) in [6, 6.07) is 7.25. The van der Waals surface area contributed by atoms with Gasteiger partial charge in [-0.05, 0) is 49.2 Å². The first-order valence-corrected chi connectivity index (χ1v) is 11.3. The number of nitrogens with zero attached hydrogens (tertiary/aromatic N) is 3. The lowest BCUT2D eigenvalue weighted by atomic mass is 10.1. The van der Waals surface area contributed by atoms with Gasteiger partial charge in [0.15, 0.2) is 0 Å². The summed E-state index contributed by atoms with van der Waals surface area (Å²) in [6.45, 7) is 4.87. The second-order valence-corrected chi connectivity index (χ2v) is 9.18. The van der Waals surface area contributed by atoms with E-state index >= 15 is 0 Å². The first-order chi connectivity index (χ1) is 15.5. The second-order valence-electron chi connectivity index (χ2n) is 7.78. The Morgan fingerprint density at radius 2 is 1.73 bits per heavy atom. The molecule has 33 heavy (non-hydrogen) atoms. The van der Waals surface area contributed by atoms with Crippen LogP contribution in [0.5, 0.6) is 0 Å². The SMILES string of the molecule is Cc1ccc(NC(=O)N2CCN(C(=O)c3sc4nc(C(F)(F)F)ccc4c3C)CC2)cc1Cl. The van der Waals surface area contributed by atoms with Gasteiger partial charge in [-0.25, -0.2) is 9.78 Å². The Hall–Kier alpha value is -2.85. The Bertz CT molecular complexity index is 1240. The molecule has 0 bridgehead atoms. The van der Waals surface area contributed by atoms with Crippen LogP contribution in [0.15, 0.2) is 30.3 Å². The molecule has 1 N–H and O–H groups in total. The number of anilines is 1. The maximum absolute atomic E-state index is 13.1. The fourth-order valence-corrected chi connectivity index (χ4v) is 4.92. The van der Waals surface area contributed by atoms with Gasteiger partial charge in [0.05, 0.1) is 4.88 Å². The van der Waals surface area contributed by atoms with E-state index in [0.29, 0.717) is 52.7 Å². The minimum absolute atomic E-state index is 0.181. The molecule has 1 saturated heterocycles. The number of amides is 3. The Kier molecular flexibility index (Phi) is 6.24. The molecule has 0 unspecified atom stereocenters. The summed E-state index contributed by atoms with van der Waals surface area (Å²) in [5.74, 6) is -0.269. The number of carbonyl (C=O) groups excluding carboxylic acids is 2. The van der Waals surface area contributed by atoms with Crippen LogP contribution in [0.3, 0.4) is 0 Å². The Morgan fingerprint density at radius 1 is 1.06 bits per heavy atom. The van der Waals surface area contributed by atoms with Gasteiger partial charge >= 0.3 is 12.2 Å². The maximum atomic E-state index is 13.1. The van der Waals surface area contributed by atoms with E-state index in [1.54, 1.807) is 28.9 Å². The molecule has 1 aromatic carbocycles. The van der Waals surface area contributed by atoms with Crippen molar-refractivity contribution in [3.05, 3.63) is 57.1 Å². The van der Waals surface area contributed by atoms with Crippen molar-refractivity contribution in [3.63, 3.8) is 0 Å². The van der Waals surface area contributed by atoms with E-state index in [-0.39, 0.29) is 16.8 Å². The number of piperazine rings is 1. The summed E-state index contributed by atoms with van der Waals surface area (Å²) in [4.78, 5) is 33.1. The third-order valence-electron chi connectivity index (χ3n) is 5.57. The van der Waals surface area contributed by atoms with E-state index < -0.39 is 11.9 Å². The molecule has 1 fully saturated rings. The quantitative estimate of drug-likeness (QED) is 0.504. The highest BCUT2D eigenvalue weighted by Gasteiger charge is 2.33. The highest BCUT2D eigenvalue weighted by molar-refractivity contribution is 7.20. The first-order valence-electron chi connectivity index (χ1n) is 10.1. The van der Waals surface area contributed by atoms with Gasteiger partial charge in [0, 0.05) is 42.3 Å². The van der Waals surface area contributed by atoms with Gasteiger partial charge in [0.1, 0.15) is 10.5 Å². The zero-order chi connectivity index (χ0) is 23.9. The molecule has 1 aliphatic rings. The van der Waals surface area contributed by atoms with Gasteiger partial charge in [-0.1, -0.05) is 17.7 Å². The standard InChI is InChI=1S/C22H20ClF3N4O2S/c1-12-3-4-14(11-16(12)23)27-21(32)30-9-7-29(8-10-30)20(31)18-13(2)15-5-6-17(22(24,25)26)28-19(15)33-18/h3-6,11H,7-10H2,1-2H3,(H,27,32). The molecule has 0 aliphatic carbocycles. The number of aromatic nitrogens is 1. The number of fused-ring (bicyclic) bond motifs is 1. The second kappa shape index (κ2) is 8.83. The van der Waals surface area contributed by atoms with Crippen LogP contribution in [0, 0.1) is 13.8 Å². The molecule has 1 aliphatic heterocycles. The zero-order valence-electron chi connectivity index (χ0n) is 17.8. The largest absolute Gasteiger partial charge is 0.433 e. The molecule has 0 radical (unpaired) electrons. The summed E-state index contributed by atoms with van der Waals surface area (Å²) >= 11 is 7.06. The molecular formula is C22H20ClF3N4O2S. The minimum Gasteiger partial charge on any atom is -0.334 e.